The number of esters is 1. The molecule has 1 heterocycles. The van der Waals surface area contributed by atoms with E-state index in [0.29, 0.717) is 5.56 Å². The molecule has 0 atom stereocenters. The van der Waals surface area contributed by atoms with Crippen LogP contribution in [0.4, 0.5) is 0 Å². The number of aromatic nitrogens is 2. The third-order valence-electron chi connectivity index (χ3n) is 3.37. The molecule has 0 aliphatic heterocycles. The van der Waals surface area contributed by atoms with Gasteiger partial charge in [-0.25, -0.2) is 4.68 Å². The second kappa shape index (κ2) is 7.77. The van der Waals surface area contributed by atoms with Crippen LogP contribution in [-0.2, 0) is 9.53 Å². The third kappa shape index (κ3) is 4.68. The van der Waals surface area contributed by atoms with Gasteiger partial charge >= 0.3 is 5.97 Å². The molecule has 0 aliphatic rings. The standard InChI is InChI=1S/C18H23N3O3/c1-12(2)24-17(22)9-10-19-18(23)15-5-7-16(8-6-15)21-14(4)11-13(3)20-21/h5-8,11-12H,9-10H2,1-4H3,(H,19,23). The Bertz CT molecular complexity index is 718. The maximum atomic E-state index is 12.1. The Hall–Kier alpha value is -2.63. The van der Waals surface area contributed by atoms with Gasteiger partial charge in [0.05, 0.1) is 23.9 Å². The summed E-state index contributed by atoms with van der Waals surface area (Å²) < 4.78 is 6.85. The molecular weight excluding hydrogens is 306 g/mol. The lowest BCUT2D eigenvalue weighted by Gasteiger charge is -2.09. The van der Waals surface area contributed by atoms with Gasteiger partial charge in [-0.15, -0.1) is 0 Å². The molecule has 24 heavy (non-hydrogen) atoms. The van der Waals surface area contributed by atoms with Crippen molar-refractivity contribution in [3.05, 3.63) is 47.3 Å². The lowest BCUT2D eigenvalue weighted by atomic mass is 10.2. The smallest absolute Gasteiger partial charge is 0.307 e. The first kappa shape index (κ1) is 17.7. The number of ether oxygens (including phenoxy) is 1. The molecule has 0 saturated carbocycles. The molecule has 6 heteroatoms. The highest BCUT2D eigenvalue weighted by Crippen LogP contribution is 2.13. The van der Waals surface area contributed by atoms with E-state index in [1.54, 1.807) is 26.0 Å². The summed E-state index contributed by atoms with van der Waals surface area (Å²) in [6.45, 7) is 7.76. The summed E-state index contributed by atoms with van der Waals surface area (Å²) >= 11 is 0. The summed E-state index contributed by atoms with van der Waals surface area (Å²) in [5.74, 6) is -0.530. The van der Waals surface area contributed by atoms with Crippen LogP contribution in [0.2, 0.25) is 0 Å². The van der Waals surface area contributed by atoms with Crippen molar-refractivity contribution in [2.24, 2.45) is 0 Å². The van der Waals surface area contributed by atoms with Crippen molar-refractivity contribution in [2.45, 2.75) is 40.2 Å². The number of benzene rings is 1. The van der Waals surface area contributed by atoms with Crippen LogP contribution in [-0.4, -0.2) is 34.3 Å². The lowest BCUT2D eigenvalue weighted by molar-refractivity contribution is -0.147. The number of carbonyl (C=O) groups excluding carboxylic acids is 2. The van der Waals surface area contributed by atoms with E-state index in [0.717, 1.165) is 17.1 Å². The maximum absolute atomic E-state index is 12.1. The van der Waals surface area contributed by atoms with Crippen LogP contribution in [0.15, 0.2) is 30.3 Å². The van der Waals surface area contributed by atoms with Crippen LogP contribution < -0.4 is 5.32 Å². The molecule has 0 unspecified atom stereocenters. The molecule has 0 radical (unpaired) electrons. The first-order valence-corrected chi connectivity index (χ1v) is 7.98. The average molecular weight is 329 g/mol. The molecule has 2 aromatic rings. The molecule has 6 nitrogen and oxygen atoms in total. The van der Waals surface area contributed by atoms with Crippen molar-refractivity contribution in [1.82, 2.24) is 15.1 Å². The van der Waals surface area contributed by atoms with E-state index < -0.39 is 0 Å². The van der Waals surface area contributed by atoms with Crippen LogP contribution in [0, 0.1) is 13.8 Å². The van der Waals surface area contributed by atoms with Crippen molar-refractivity contribution in [1.29, 1.82) is 0 Å². The predicted molar refractivity (Wildman–Crippen MR) is 91.2 cm³/mol. The minimum absolute atomic E-state index is 0.143. The predicted octanol–water partition coefficient (Wildman–Crippen LogP) is 2.56. The first-order chi connectivity index (χ1) is 11.4. The quantitative estimate of drug-likeness (QED) is 0.827. The zero-order chi connectivity index (χ0) is 17.7. The summed E-state index contributed by atoms with van der Waals surface area (Å²) in [6.07, 6.45) is 0.0171. The molecule has 0 aliphatic carbocycles. The van der Waals surface area contributed by atoms with Gasteiger partial charge in [0, 0.05) is 17.8 Å². The number of nitrogens with zero attached hydrogens (tertiary/aromatic N) is 2. The van der Waals surface area contributed by atoms with Crippen molar-refractivity contribution in [3.63, 3.8) is 0 Å². The van der Waals surface area contributed by atoms with Crippen LogP contribution in [0.1, 0.15) is 42.0 Å². The molecule has 128 valence electrons. The fourth-order valence-electron chi connectivity index (χ4n) is 2.35. The minimum Gasteiger partial charge on any atom is -0.463 e. The highest BCUT2D eigenvalue weighted by Gasteiger charge is 2.09. The Morgan fingerprint density at radius 2 is 1.88 bits per heavy atom. The lowest BCUT2D eigenvalue weighted by Crippen LogP contribution is -2.27. The van der Waals surface area contributed by atoms with Crippen LogP contribution in [0.25, 0.3) is 5.69 Å². The summed E-state index contributed by atoms with van der Waals surface area (Å²) in [5.41, 5.74) is 3.42. The van der Waals surface area contributed by atoms with E-state index in [4.69, 9.17) is 4.74 Å². The molecule has 0 saturated heterocycles. The van der Waals surface area contributed by atoms with Crippen molar-refractivity contribution < 1.29 is 14.3 Å². The van der Waals surface area contributed by atoms with Gasteiger partial charge in [-0.3, -0.25) is 9.59 Å². The zero-order valence-corrected chi connectivity index (χ0v) is 14.5. The summed E-state index contributed by atoms with van der Waals surface area (Å²) in [6, 6.07) is 9.18. The molecule has 1 aromatic heterocycles. The molecule has 0 spiro atoms. The number of hydrogen-bond acceptors (Lipinski definition) is 4. The van der Waals surface area contributed by atoms with Gasteiger partial charge < -0.3 is 10.1 Å². The SMILES string of the molecule is Cc1cc(C)n(-c2ccc(C(=O)NCCC(=O)OC(C)C)cc2)n1. The van der Waals surface area contributed by atoms with Gasteiger partial charge in [-0.1, -0.05) is 0 Å². The molecule has 0 bridgehead atoms. The summed E-state index contributed by atoms with van der Waals surface area (Å²) in [5, 5.41) is 7.13. The number of carbonyl (C=O) groups is 2. The van der Waals surface area contributed by atoms with Gasteiger partial charge in [0.2, 0.25) is 0 Å². The normalized spacial score (nSPS) is 10.7. The monoisotopic (exact) mass is 329 g/mol. The Balaban J connectivity index is 1.92. The Morgan fingerprint density at radius 1 is 1.21 bits per heavy atom. The molecule has 1 amide bonds. The highest BCUT2D eigenvalue weighted by atomic mass is 16.5. The molecule has 0 fully saturated rings. The topological polar surface area (TPSA) is 73.2 Å². The van der Waals surface area contributed by atoms with Crippen molar-refractivity contribution >= 4 is 11.9 Å². The summed E-state index contributed by atoms with van der Waals surface area (Å²) in [4.78, 5) is 23.5. The Kier molecular flexibility index (Phi) is 5.73. The molecule has 1 N–H and O–H groups in total. The molecule has 2 rings (SSSR count). The number of amides is 1. The average Bonchev–Trinajstić information content (AvgIpc) is 2.85. The Labute approximate surface area is 141 Å². The number of hydrogen-bond donors (Lipinski definition) is 1. The van der Waals surface area contributed by atoms with Gasteiger partial charge in [-0.05, 0) is 58.0 Å². The van der Waals surface area contributed by atoms with Crippen molar-refractivity contribution in [3.8, 4) is 5.69 Å². The second-order valence-corrected chi connectivity index (χ2v) is 5.93. The number of aryl methyl sites for hydroxylation is 2. The number of nitrogens with one attached hydrogen (secondary N) is 1. The van der Waals surface area contributed by atoms with E-state index in [1.165, 1.54) is 0 Å². The molecule has 1 aromatic carbocycles. The fourth-order valence-corrected chi connectivity index (χ4v) is 2.35. The van der Waals surface area contributed by atoms with Gasteiger partial charge in [0.25, 0.3) is 5.91 Å². The highest BCUT2D eigenvalue weighted by molar-refractivity contribution is 5.94. The van der Waals surface area contributed by atoms with Gasteiger partial charge in [-0.2, -0.15) is 5.10 Å². The zero-order valence-electron chi connectivity index (χ0n) is 14.5. The van der Waals surface area contributed by atoms with Crippen LogP contribution >= 0.6 is 0 Å². The first-order valence-electron chi connectivity index (χ1n) is 7.98. The van der Waals surface area contributed by atoms with E-state index >= 15 is 0 Å². The largest absolute Gasteiger partial charge is 0.463 e. The van der Waals surface area contributed by atoms with Crippen LogP contribution in [0.5, 0.6) is 0 Å². The van der Waals surface area contributed by atoms with Crippen molar-refractivity contribution in [2.75, 3.05) is 6.54 Å². The third-order valence-corrected chi connectivity index (χ3v) is 3.37. The number of rotatable bonds is 6. The van der Waals surface area contributed by atoms with E-state index in [1.807, 2.05) is 36.7 Å². The summed E-state index contributed by atoms with van der Waals surface area (Å²) in [7, 11) is 0. The van der Waals surface area contributed by atoms with Gasteiger partial charge in [0.1, 0.15) is 0 Å². The van der Waals surface area contributed by atoms with E-state index in [-0.39, 0.29) is 30.9 Å². The van der Waals surface area contributed by atoms with E-state index in [9.17, 15) is 9.59 Å². The van der Waals surface area contributed by atoms with Gasteiger partial charge in [0.15, 0.2) is 0 Å². The van der Waals surface area contributed by atoms with Crippen LogP contribution in [0.3, 0.4) is 0 Å². The van der Waals surface area contributed by atoms with E-state index in [2.05, 4.69) is 10.4 Å². The molecular formula is C18H23N3O3. The second-order valence-electron chi connectivity index (χ2n) is 5.93. The fraction of sp³-hybridized carbons (Fsp3) is 0.389. The minimum atomic E-state index is -0.315. The Morgan fingerprint density at radius 3 is 2.42 bits per heavy atom. The maximum Gasteiger partial charge on any atom is 0.307 e.